The van der Waals surface area contributed by atoms with Crippen LogP contribution in [-0.4, -0.2) is 6.16 Å². The van der Waals surface area contributed by atoms with E-state index in [9.17, 15) is 0 Å². The van der Waals surface area contributed by atoms with Crippen molar-refractivity contribution in [1.82, 2.24) is 0 Å². The normalized spacial score (nSPS) is 18.8. The molecule has 0 bridgehead atoms. The fourth-order valence-corrected chi connectivity index (χ4v) is 2.52. The van der Waals surface area contributed by atoms with Crippen LogP contribution in [-0.2, 0) is 0 Å². The van der Waals surface area contributed by atoms with Crippen LogP contribution >= 0.6 is 9.24 Å². The predicted molar refractivity (Wildman–Crippen MR) is 59.6 cm³/mol. The Bertz CT molecular complexity index is 95.2. The van der Waals surface area contributed by atoms with E-state index in [1.807, 2.05) is 0 Å². The maximum absolute atomic E-state index is 2.81. The number of unbranched alkanes of at least 4 members (excludes halogenated alkanes) is 3. The Morgan fingerprint density at radius 1 is 0.917 bits per heavy atom. The summed E-state index contributed by atoms with van der Waals surface area (Å²) >= 11 is 0. The highest BCUT2D eigenvalue weighted by molar-refractivity contribution is 7.16. The lowest BCUT2D eigenvalue weighted by molar-refractivity contribution is 0.467. The quantitative estimate of drug-likeness (QED) is 0.434. The van der Waals surface area contributed by atoms with Gasteiger partial charge in [0.1, 0.15) is 0 Å². The summed E-state index contributed by atoms with van der Waals surface area (Å²) in [5.41, 5.74) is 0. The summed E-state index contributed by atoms with van der Waals surface area (Å²) in [6.07, 6.45) is 14.7. The Kier molecular flexibility index (Phi) is 6.04. The fourth-order valence-electron chi connectivity index (χ4n) is 2.23. The molecule has 0 saturated heterocycles. The van der Waals surface area contributed by atoms with Crippen molar-refractivity contribution in [2.24, 2.45) is 5.92 Å². The molecule has 12 heavy (non-hydrogen) atoms. The van der Waals surface area contributed by atoms with Gasteiger partial charge in [-0.1, -0.05) is 51.4 Å². The van der Waals surface area contributed by atoms with Crippen molar-refractivity contribution in [1.29, 1.82) is 0 Å². The standard InChI is InChI=1S/C11H23P/c12-10-6-2-1-3-7-11-8-4-5-9-11/h11H,1-10,12H2. The Morgan fingerprint density at radius 2 is 1.58 bits per heavy atom. The Hall–Kier alpha value is 0.430. The first kappa shape index (κ1) is 10.5. The van der Waals surface area contributed by atoms with E-state index in [-0.39, 0.29) is 0 Å². The Labute approximate surface area is 79.7 Å². The molecular formula is C11H23P. The second kappa shape index (κ2) is 6.89. The van der Waals surface area contributed by atoms with Gasteiger partial charge in [0.25, 0.3) is 0 Å². The van der Waals surface area contributed by atoms with Gasteiger partial charge in [-0.3, -0.25) is 0 Å². The van der Waals surface area contributed by atoms with Crippen molar-refractivity contribution in [2.45, 2.75) is 57.8 Å². The lowest BCUT2D eigenvalue weighted by Crippen LogP contribution is -1.92. The van der Waals surface area contributed by atoms with E-state index in [1.165, 1.54) is 63.9 Å². The van der Waals surface area contributed by atoms with Crippen LogP contribution in [0.1, 0.15) is 57.8 Å². The molecule has 1 aliphatic rings. The van der Waals surface area contributed by atoms with Crippen LogP contribution in [0.5, 0.6) is 0 Å². The molecule has 0 heterocycles. The Balaban J connectivity index is 1.81. The number of hydrogen-bond acceptors (Lipinski definition) is 0. The first-order chi connectivity index (χ1) is 5.93. The molecule has 0 aromatic heterocycles. The van der Waals surface area contributed by atoms with Crippen LogP contribution in [0.4, 0.5) is 0 Å². The van der Waals surface area contributed by atoms with Crippen molar-refractivity contribution in [3.63, 3.8) is 0 Å². The zero-order valence-electron chi connectivity index (χ0n) is 8.23. The van der Waals surface area contributed by atoms with E-state index in [0.717, 1.165) is 5.92 Å². The highest BCUT2D eigenvalue weighted by Crippen LogP contribution is 2.29. The fraction of sp³-hybridized carbons (Fsp3) is 1.00. The zero-order valence-corrected chi connectivity index (χ0v) is 9.38. The number of hydrogen-bond donors (Lipinski definition) is 0. The predicted octanol–water partition coefficient (Wildman–Crippen LogP) is 4.00. The molecule has 0 aromatic rings. The molecule has 1 unspecified atom stereocenters. The van der Waals surface area contributed by atoms with Gasteiger partial charge in [0.05, 0.1) is 0 Å². The van der Waals surface area contributed by atoms with E-state index >= 15 is 0 Å². The molecule has 1 heteroatoms. The maximum atomic E-state index is 2.81. The first-order valence-corrected chi connectivity index (χ1v) is 6.45. The highest BCUT2D eigenvalue weighted by atomic mass is 31.0. The largest absolute Gasteiger partial charge is 0.138 e. The van der Waals surface area contributed by atoms with Crippen LogP contribution in [0.25, 0.3) is 0 Å². The minimum atomic E-state index is 1.11. The van der Waals surface area contributed by atoms with E-state index in [0.29, 0.717) is 0 Å². The van der Waals surface area contributed by atoms with Crippen molar-refractivity contribution in [2.75, 3.05) is 6.16 Å². The summed E-state index contributed by atoms with van der Waals surface area (Å²) in [7, 11) is 2.81. The topological polar surface area (TPSA) is 0 Å². The van der Waals surface area contributed by atoms with Gasteiger partial charge in [-0.05, 0) is 18.5 Å². The SMILES string of the molecule is PCCCCCCC1CCCC1. The molecule has 0 amide bonds. The second-order valence-corrected chi connectivity index (χ2v) is 4.72. The van der Waals surface area contributed by atoms with E-state index < -0.39 is 0 Å². The third kappa shape index (κ3) is 4.45. The van der Waals surface area contributed by atoms with Crippen molar-refractivity contribution >= 4 is 9.24 Å². The molecular weight excluding hydrogens is 163 g/mol. The molecule has 0 radical (unpaired) electrons. The van der Waals surface area contributed by atoms with Gasteiger partial charge in [0, 0.05) is 0 Å². The molecule has 1 atom stereocenters. The third-order valence-electron chi connectivity index (χ3n) is 3.04. The van der Waals surface area contributed by atoms with Gasteiger partial charge in [-0.2, -0.15) is 0 Å². The molecule has 0 N–H and O–H groups in total. The molecule has 0 spiro atoms. The van der Waals surface area contributed by atoms with E-state index in [1.54, 1.807) is 0 Å². The lowest BCUT2D eigenvalue weighted by Gasteiger charge is -2.07. The summed E-state index contributed by atoms with van der Waals surface area (Å²) in [4.78, 5) is 0. The Morgan fingerprint density at radius 3 is 2.25 bits per heavy atom. The van der Waals surface area contributed by atoms with E-state index in [4.69, 9.17) is 0 Å². The van der Waals surface area contributed by atoms with Gasteiger partial charge in [0.15, 0.2) is 0 Å². The zero-order chi connectivity index (χ0) is 8.65. The highest BCUT2D eigenvalue weighted by Gasteiger charge is 2.13. The molecule has 1 aliphatic carbocycles. The molecule has 1 fully saturated rings. The van der Waals surface area contributed by atoms with Gasteiger partial charge in [-0.25, -0.2) is 0 Å². The van der Waals surface area contributed by atoms with Crippen molar-refractivity contribution in [3.8, 4) is 0 Å². The smallest absolute Gasteiger partial charge is 0.0381 e. The van der Waals surface area contributed by atoms with Crippen LogP contribution in [0.2, 0.25) is 0 Å². The summed E-state index contributed by atoms with van der Waals surface area (Å²) in [5, 5.41) is 0. The summed E-state index contributed by atoms with van der Waals surface area (Å²) in [6.45, 7) is 0. The number of rotatable bonds is 6. The van der Waals surface area contributed by atoms with Gasteiger partial charge in [-0.15, -0.1) is 9.24 Å². The minimum absolute atomic E-state index is 1.11. The molecule has 0 aliphatic heterocycles. The molecule has 1 saturated carbocycles. The van der Waals surface area contributed by atoms with Crippen LogP contribution in [0, 0.1) is 5.92 Å². The maximum Gasteiger partial charge on any atom is -0.0381 e. The molecule has 1 rings (SSSR count). The van der Waals surface area contributed by atoms with Crippen molar-refractivity contribution < 1.29 is 0 Å². The monoisotopic (exact) mass is 186 g/mol. The van der Waals surface area contributed by atoms with Crippen LogP contribution in [0.3, 0.4) is 0 Å². The summed E-state index contributed by atoms with van der Waals surface area (Å²) < 4.78 is 0. The molecule has 0 nitrogen and oxygen atoms in total. The van der Waals surface area contributed by atoms with Gasteiger partial charge in [0.2, 0.25) is 0 Å². The van der Waals surface area contributed by atoms with Crippen molar-refractivity contribution in [3.05, 3.63) is 0 Å². The average Bonchev–Trinajstić information content (AvgIpc) is 2.57. The van der Waals surface area contributed by atoms with E-state index in [2.05, 4.69) is 9.24 Å². The van der Waals surface area contributed by atoms with Crippen LogP contribution < -0.4 is 0 Å². The summed E-state index contributed by atoms with van der Waals surface area (Å²) in [6, 6.07) is 0. The first-order valence-electron chi connectivity index (χ1n) is 5.63. The molecule has 72 valence electrons. The van der Waals surface area contributed by atoms with Gasteiger partial charge < -0.3 is 0 Å². The van der Waals surface area contributed by atoms with Crippen LogP contribution in [0.15, 0.2) is 0 Å². The lowest BCUT2D eigenvalue weighted by atomic mass is 10.00. The van der Waals surface area contributed by atoms with Gasteiger partial charge >= 0.3 is 0 Å². The third-order valence-corrected chi connectivity index (χ3v) is 3.45. The summed E-state index contributed by atoms with van der Waals surface area (Å²) in [5.74, 6) is 1.11. The minimum Gasteiger partial charge on any atom is -0.138 e. The molecule has 0 aromatic carbocycles. The second-order valence-electron chi connectivity index (χ2n) is 4.14. The average molecular weight is 186 g/mol.